The van der Waals surface area contributed by atoms with Crippen LogP contribution in [0, 0.1) is 0 Å². The minimum absolute atomic E-state index is 0.228. The Labute approximate surface area is 167 Å². The topological polar surface area (TPSA) is 78.4 Å². The third kappa shape index (κ3) is 4.23. The van der Waals surface area contributed by atoms with Gasteiger partial charge in [0.05, 0.1) is 39.0 Å². The van der Waals surface area contributed by atoms with E-state index in [0.717, 1.165) is 5.75 Å². The highest BCUT2D eigenvalue weighted by Gasteiger charge is 2.24. The number of aliphatic imine (C=N–C) groups is 1. The molecule has 3 rings (SSSR count). The standard InChI is InChI=1S/C20H20N2O5S/c1-24-14-7-5-13(6-8-14)21-20-22-19(23)18(28-20)10-12-9-16(26-3)17(27-4)11-15(12)25-2/h5-11H,1-4H3,(H,21,22,23)/b18-10+. The second-order valence-corrected chi connectivity index (χ2v) is 6.66. The fourth-order valence-electron chi connectivity index (χ4n) is 2.56. The van der Waals surface area contributed by atoms with E-state index in [1.54, 1.807) is 46.6 Å². The van der Waals surface area contributed by atoms with Crippen LogP contribution in [-0.2, 0) is 4.79 Å². The van der Waals surface area contributed by atoms with Gasteiger partial charge < -0.3 is 24.3 Å². The summed E-state index contributed by atoms with van der Waals surface area (Å²) in [6.45, 7) is 0. The molecular formula is C20H20N2O5S. The number of thioether (sulfide) groups is 1. The third-order valence-corrected chi connectivity index (χ3v) is 4.89. The Morgan fingerprint density at radius 2 is 1.54 bits per heavy atom. The lowest BCUT2D eigenvalue weighted by molar-refractivity contribution is -0.115. The van der Waals surface area contributed by atoms with Crippen molar-refractivity contribution in [2.24, 2.45) is 4.99 Å². The van der Waals surface area contributed by atoms with Gasteiger partial charge >= 0.3 is 0 Å². The highest BCUT2D eigenvalue weighted by atomic mass is 32.2. The fraction of sp³-hybridized carbons (Fsp3) is 0.200. The normalized spacial score (nSPS) is 16.2. The second-order valence-electron chi connectivity index (χ2n) is 5.63. The molecule has 1 N–H and O–H groups in total. The van der Waals surface area contributed by atoms with Crippen LogP contribution in [0.5, 0.6) is 23.0 Å². The number of hydrogen-bond donors (Lipinski definition) is 1. The van der Waals surface area contributed by atoms with Crippen molar-refractivity contribution in [1.82, 2.24) is 5.32 Å². The molecule has 28 heavy (non-hydrogen) atoms. The van der Waals surface area contributed by atoms with Crippen molar-refractivity contribution >= 4 is 34.6 Å². The van der Waals surface area contributed by atoms with Gasteiger partial charge in [0.25, 0.3) is 5.91 Å². The van der Waals surface area contributed by atoms with Crippen LogP contribution in [0.3, 0.4) is 0 Å². The summed E-state index contributed by atoms with van der Waals surface area (Å²) in [7, 11) is 6.27. The molecule has 1 fully saturated rings. The molecule has 0 saturated carbocycles. The molecule has 0 aromatic heterocycles. The van der Waals surface area contributed by atoms with Crippen LogP contribution in [0.25, 0.3) is 6.08 Å². The lowest BCUT2D eigenvalue weighted by Gasteiger charge is -2.12. The number of carbonyl (C=O) groups excluding carboxylic acids is 1. The largest absolute Gasteiger partial charge is 0.497 e. The quantitative estimate of drug-likeness (QED) is 0.747. The molecule has 0 spiro atoms. The minimum atomic E-state index is -0.228. The summed E-state index contributed by atoms with van der Waals surface area (Å²) < 4.78 is 21.2. The Hall–Kier alpha value is -3.13. The minimum Gasteiger partial charge on any atom is -0.497 e. The number of nitrogens with one attached hydrogen (secondary N) is 1. The van der Waals surface area contributed by atoms with Crippen LogP contribution in [0.2, 0.25) is 0 Å². The molecule has 1 amide bonds. The molecule has 8 heteroatoms. The van der Waals surface area contributed by atoms with Gasteiger partial charge in [0.2, 0.25) is 0 Å². The highest BCUT2D eigenvalue weighted by molar-refractivity contribution is 8.18. The van der Waals surface area contributed by atoms with E-state index in [1.807, 2.05) is 24.3 Å². The first-order valence-electron chi connectivity index (χ1n) is 8.31. The first-order chi connectivity index (χ1) is 13.6. The van der Waals surface area contributed by atoms with Crippen LogP contribution in [0.4, 0.5) is 5.69 Å². The average molecular weight is 400 g/mol. The summed E-state index contributed by atoms with van der Waals surface area (Å²) in [5.41, 5.74) is 1.41. The Bertz CT molecular complexity index is 938. The monoisotopic (exact) mass is 400 g/mol. The van der Waals surface area contributed by atoms with Crippen LogP contribution >= 0.6 is 11.8 Å². The maximum atomic E-state index is 12.4. The molecule has 0 aliphatic carbocycles. The molecule has 0 atom stereocenters. The van der Waals surface area contributed by atoms with Crippen LogP contribution in [0.15, 0.2) is 46.3 Å². The molecule has 1 aliphatic rings. The number of hydrogen-bond acceptors (Lipinski definition) is 7. The van der Waals surface area contributed by atoms with E-state index in [1.165, 1.54) is 11.8 Å². The fourth-order valence-corrected chi connectivity index (χ4v) is 3.39. The molecule has 1 saturated heterocycles. The van der Waals surface area contributed by atoms with Gasteiger partial charge in [0.1, 0.15) is 11.5 Å². The molecule has 0 radical (unpaired) electrons. The zero-order chi connectivity index (χ0) is 20.1. The molecular weight excluding hydrogens is 380 g/mol. The summed E-state index contributed by atoms with van der Waals surface area (Å²) in [4.78, 5) is 17.3. The summed E-state index contributed by atoms with van der Waals surface area (Å²) in [5.74, 6) is 2.18. The van der Waals surface area contributed by atoms with Gasteiger partial charge in [-0.3, -0.25) is 4.79 Å². The molecule has 146 valence electrons. The van der Waals surface area contributed by atoms with Crippen molar-refractivity contribution in [1.29, 1.82) is 0 Å². The molecule has 1 heterocycles. The van der Waals surface area contributed by atoms with E-state index in [9.17, 15) is 4.79 Å². The number of amidine groups is 1. The first kappa shape index (κ1) is 19.6. The molecule has 7 nitrogen and oxygen atoms in total. The van der Waals surface area contributed by atoms with Crippen molar-refractivity contribution in [3.8, 4) is 23.0 Å². The van der Waals surface area contributed by atoms with Gasteiger partial charge in [-0.05, 0) is 48.2 Å². The molecule has 1 aliphatic heterocycles. The predicted octanol–water partition coefficient (Wildman–Crippen LogP) is 3.61. The maximum absolute atomic E-state index is 12.4. The number of benzene rings is 2. The van der Waals surface area contributed by atoms with Crippen LogP contribution in [-0.4, -0.2) is 39.5 Å². The Morgan fingerprint density at radius 1 is 0.893 bits per heavy atom. The van der Waals surface area contributed by atoms with Gasteiger partial charge in [-0.25, -0.2) is 4.99 Å². The second kappa shape index (κ2) is 8.71. The molecule has 2 aromatic carbocycles. The lowest BCUT2D eigenvalue weighted by atomic mass is 10.1. The summed E-state index contributed by atoms with van der Waals surface area (Å²) in [6.07, 6.45) is 1.73. The van der Waals surface area contributed by atoms with Gasteiger partial charge in [-0.2, -0.15) is 0 Å². The highest BCUT2D eigenvalue weighted by Crippen LogP contribution is 2.37. The summed E-state index contributed by atoms with van der Waals surface area (Å²) >= 11 is 1.25. The number of ether oxygens (including phenoxy) is 4. The number of nitrogens with zero attached hydrogens (tertiary/aromatic N) is 1. The van der Waals surface area contributed by atoms with Gasteiger partial charge in [0, 0.05) is 11.6 Å². The third-order valence-electron chi connectivity index (χ3n) is 3.98. The predicted molar refractivity (Wildman–Crippen MR) is 110 cm³/mol. The average Bonchev–Trinajstić information content (AvgIpc) is 3.06. The van der Waals surface area contributed by atoms with Gasteiger partial charge in [-0.1, -0.05) is 0 Å². The van der Waals surface area contributed by atoms with E-state index >= 15 is 0 Å². The van der Waals surface area contributed by atoms with E-state index in [-0.39, 0.29) is 5.91 Å². The summed E-state index contributed by atoms with van der Waals surface area (Å²) in [6, 6.07) is 10.7. The Balaban J connectivity index is 1.88. The molecule has 0 bridgehead atoms. The van der Waals surface area contributed by atoms with Crippen LogP contribution < -0.4 is 24.3 Å². The van der Waals surface area contributed by atoms with E-state index in [2.05, 4.69) is 10.3 Å². The zero-order valence-electron chi connectivity index (χ0n) is 15.9. The van der Waals surface area contributed by atoms with E-state index in [4.69, 9.17) is 18.9 Å². The Morgan fingerprint density at radius 3 is 2.14 bits per heavy atom. The SMILES string of the molecule is COc1ccc(N=C2NC(=O)/C(=C\c3cc(OC)c(OC)cc3OC)S2)cc1. The smallest absolute Gasteiger partial charge is 0.264 e. The van der Waals surface area contributed by atoms with Crippen molar-refractivity contribution in [3.63, 3.8) is 0 Å². The van der Waals surface area contributed by atoms with E-state index in [0.29, 0.717) is 38.6 Å². The maximum Gasteiger partial charge on any atom is 0.264 e. The Kier molecular flexibility index (Phi) is 6.10. The number of rotatable bonds is 6. The zero-order valence-corrected chi connectivity index (χ0v) is 16.8. The first-order valence-corrected chi connectivity index (χ1v) is 9.13. The van der Waals surface area contributed by atoms with Crippen LogP contribution in [0.1, 0.15) is 5.56 Å². The molecule has 0 unspecified atom stereocenters. The van der Waals surface area contributed by atoms with E-state index < -0.39 is 0 Å². The summed E-state index contributed by atoms with van der Waals surface area (Å²) in [5, 5.41) is 3.27. The lowest BCUT2D eigenvalue weighted by Crippen LogP contribution is -2.19. The number of amides is 1. The molecule has 2 aromatic rings. The van der Waals surface area contributed by atoms with Crippen molar-refractivity contribution < 1.29 is 23.7 Å². The van der Waals surface area contributed by atoms with Crippen molar-refractivity contribution in [2.45, 2.75) is 0 Å². The van der Waals surface area contributed by atoms with Crippen molar-refractivity contribution in [2.75, 3.05) is 28.4 Å². The van der Waals surface area contributed by atoms with Gasteiger partial charge in [-0.15, -0.1) is 0 Å². The van der Waals surface area contributed by atoms with Gasteiger partial charge in [0.15, 0.2) is 16.7 Å². The number of carbonyl (C=O) groups is 1. The number of methoxy groups -OCH3 is 4. The van der Waals surface area contributed by atoms with Crippen molar-refractivity contribution in [3.05, 3.63) is 46.9 Å².